The molecule has 7 nitrogen and oxygen atoms in total. The summed E-state index contributed by atoms with van der Waals surface area (Å²) in [5, 5.41) is 12.5. The van der Waals surface area contributed by atoms with Crippen molar-refractivity contribution in [1.82, 2.24) is 10.3 Å². The second-order valence-corrected chi connectivity index (χ2v) is 10.3. The first-order valence-corrected chi connectivity index (χ1v) is 12.3. The minimum Gasteiger partial charge on any atom is -0.394 e. The van der Waals surface area contributed by atoms with E-state index in [1.54, 1.807) is 30.5 Å². The summed E-state index contributed by atoms with van der Waals surface area (Å²) in [7, 11) is -3.63. The molecule has 2 N–H and O–H groups in total. The van der Waals surface area contributed by atoms with E-state index in [4.69, 9.17) is 0 Å². The number of rotatable bonds is 8. The number of nitrogens with one attached hydrogen (secondary N) is 1. The van der Waals surface area contributed by atoms with E-state index in [9.17, 15) is 18.3 Å². The third kappa shape index (κ3) is 5.44. The van der Waals surface area contributed by atoms with Crippen LogP contribution in [0.25, 0.3) is 11.1 Å². The number of allylic oxidation sites excluding steroid dienone is 3. The number of hydrogen-bond acceptors (Lipinski definition) is 5. The summed E-state index contributed by atoms with van der Waals surface area (Å²) < 4.78 is 25.7. The van der Waals surface area contributed by atoms with Gasteiger partial charge in [-0.1, -0.05) is 36.4 Å². The smallest absolute Gasteiger partial charge is 0.251 e. The summed E-state index contributed by atoms with van der Waals surface area (Å²) in [6.45, 7) is 3.59. The van der Waals surface area contributed by atoms with Crippen LogP contribution in [0.1, 0.15) is 30.6 Å². The van der Waals surface area contributed by atoms with E-state index >= 15 is 0 Å². The Kier molecular flexibility index (Phi) is 7.16. The number of amides is 1. The van der Waals surface area contributed by atoms with E-state index in [-0.39, 0.29) is 25.0 Å². The van der Waals surface area contributed by atoms with Crippen molar-refractivity contribution in [3.05, 3.63) is 72.6 Å². The van der Waals surface area contributed by atoms with Gasteiger partial charge in [-0.3, -0.25) is 14.1 Å². The third-order valence-electron chi connectivity index (χ3n) is 5.55. The van der Waals surface area contributed by atoms with Crippen LogP contribution in [0.2, 0.25) is 0 Å². The summed E-state index contributed by atoms with van der Waals surface area (Å²) in [5.41, 5.74) is 1.67. The molecule has 1 amide bonds. The molecule has 170 valence electrons. The highest BCUT2D eigenvalue weighted by molar-refractivity contribution is 7.92. The maximum absolute atomic E-state index is 13.1. The van der Waals surface area contributed by atoms with E-state index in [0.29, 0.717) is 22.4 Å². The van der Waals surface area contributed by atoms with Gasteiger partial charge in [0.25, 0.3) is 5.91 Å². The zero-order valence-electron chi connectivity index (χ0n) is 18.5. The molecule has 0 radical (unpaired) electrons. The first-order valence-electron chi connectivity index (χ1n) is 10.4. The average Bonchev–Trinajstić information content (AvgIpc) is 2.77. The maximum Gasteiger partial charge on any atom is 0.251 e. The van der Waals surface area contributed by atoms with Crippen molar-refractivity contribution in [3.8, 4) is 11.1 Å². The summed E-state index contributed by atoms with van der Waals surface area (Å²) in [5.74, 6) is -0.0148. The number of pyridine rings is 1. The molecule has 0 fully saturated rings. The Morgan fingerprint density at radius 2 is 2.06 bits per heavy atom. The normalized spacial score (nSPS) is 16.1. The van der Waals surface area contributed by atoms with Crippen LogP contribution in [0.3, 0.4) is 0 Å². The van der Waals surface area contributed by atoms with Gasteiger partial charge in [0.15, 0.2) is 0 Å². The zero-order chi connectivity index (χ0) is 23.4. The van der Waals surface area contributed by atoms with Gasteiger partial charge in [-0.15, -0.1) is 0 Å². The monoisotopic (exact) mass is 455 g/mol. The number of carbonyl (C=O) groups is 1. The fourth-order valence-corrected chi connectivity index (χ4v) is 4.70. The number of anilines is 1. The van der Waals surface area contributed by atoms with Gasteiger partial charge < -0.3 is 10.4 Å². The van der Waals surface area contributed by atoms with Crippen LogP contribution in [0.4, 0.5) is 5.69 Å². The molecule has 0 spiro atoms. The summed E-state index contributed by atoms with van der Waals surface area (Å²) in [4.78, 5) is 17.1. The van der Waals surface area contributed by atoms with Gasteiger partial charge >= 0.3 is 0 Å². The molecule has 1 aromatic carbocycles. The molecule has 0 saturated carbocycles. The molecule has 0 bridgehead atoms. The Bertz CT molecular complexity index is 1140. The molecular formula is C24H29N3O4S. The summed E-state index contributed by atoms with van der Waals surface area (Å²) >= 11 is 0. The quantitative estimate of drug-likeness (QED) is 0.637. The predicted octanol–water partition coefficient (Wildman–Crippen LogP) is 3.15. The zero-order valence-corrected chi connectivity index (χ0v) is 19.3. The van der Waals surface area contributed by atoms with Gasteiger partial charge in [0, 0.05) is 28.8 Å². The van der Waals surface area contributed by atoms with Gasteiger partial charge in [0.05, 0.1) is 31.3 Å². The van der Waals surface area contributed by atoms with Crippen LogP contribution < -0.4 is 9.62 Å². The molecule has 1 unspecified atom stereocenters. The van der Waals surface area contributed by atoms with E-state index in [1.807, 2.05) is 32.1 Å². The van der Waals surface area contributed by atoms with Gasteiger partial charge in [-0.2, -0.15) is 0 Å². The van der Waals surface area contributed by atoms with Gasteiger partial charge in [0.2, 0.25) is 10.0 Å². The Labute approximate surface area is 189 Å². The SMILES string of the molecule is CC(C)(NC(=O)c1cccc(-c2ccncc2N(CCO)S(C)(=O)=O)c1)C1C=CC=CC1. The molecule has 1 aliphatic rings. The maximum atomic E-state index is 13.1. The first kappa shape index (κ1) is 23.7. The Morgan fingerprint density at radius 1 is 1.28 bits per heavy atom. The van der Waals surface area contributed by atoms with Crippen molar-refractivity contribution in [2.45, 2.75) is 25.8 Å². The molecule has 1 aromatic heterocycles. The lowest BCUT2D eigenvalue weighted by molar-refractivity contribution is 0.0893. The standard InChI is InChI=1S/C24H29N3O4S/c1-24(2,20-10-5-4-6-11-20)26-23(29)19-9-7-8-18(16-19)21-12-13-25-17-22(21)27(14-15-28)32(3,30)31/h4-10,12-13,16-17,20,28H,11,14-15H2,1-3H3,(H,26,29). The molecule has 0 saturated heterocycles. The largest absolute Gasteiger partial charge is 0.394 e. The topological polar surface area (TPSA) is 99.6 Å². The highest BCUT2D eigenvalue weighted by Crippen LogP contribution is 2.32. The van der Waals surface area contributed by atoms with Crippen molar-refractivity contribution < 1.29 is 18.3 Å². The molecule has 1 aliphatic carbocycles. The number of aliphatic hydroxyl groups excluding tert-OH is 1. The van der Waals surface area contributed by atoms with Crippen molar-refractivity contribution in [1.29, 1.82) is 0 Å². The number of nitrogens with zero attached hydrogens (tertiary/aromatic N) is 2. The van der Waals surface area contributed by atoms with Crippen LogP contribution in [0.5, 0.6) is 0 Å². The molecule has 1 atom stereocenters. The van der Waals surface area contributed by atoms with Crippen LogP contribution in [0.15, 0.2) is 67.0 Å². The minimum absolute atomic E-state index is 0.0881. The van der Waals surface area contributed by atoms with Crippen LogP contribution in [0, 0.1) is 5.92 Å². The number of sulfonamides is 1. The average molecular weight is 456 g/mol. The Hall–Kier alpha value is -2.97. The summed E-state index contributed by atoms with van der Waals surface area (Å²) in [6, 6.07) is 8.75. The third-order valence-corrected chi connectivity index (χ3v) is 6.73. The van der Waals surface area contributed by atoms with Crippen LogP contribution in [-0.4, -0.2) is 49.4 Å². The van der Waals surface area contributed by atoms with E-state index in [1.165, 1.54) is 6.20 Å². The fourth-order valence-electron chi connectivity index (χ4n) is 3.79. The highest BCUT2D eigenvalue weighted by atomic mass is 32.2. The first-order chi connectivity index (χ1) is 15.1. The van der Waals surface area contributed by atoms with Gasteiger partial charge in [-0.25, -0.2) is 8.42 Å². The number of benzene rings is 1. The van der Waals surface area contributed by atoms with E-state index < -0.39 is 15.6 Å². The molecule has 8 heteroatoms. The van der Waals surface area contributed by atoms with Crippen molar-refractivity contribution >= 4 is 21.6 Å². The lowest BCUT2D eigenvalue weighted by Crippen LogP contribution is -2.48. The molecule has 3 rings (SSSR count). The van der Waals surface area contributed by atoms with Gasteiger partial charge in [-0.05, 0) is 44.0 Å². The molecule has 2 aromatic rings. The highest BCUT2D eigenvalue weighted by Gasteiger charge is 2.29. The molecular weight excluding hydrogens is 426 g/mol. The fraction of sp³-hybridized carbons (Fsp3) is 0.333. The minimum atomic E-state index is -3.63. The number of hydrogen-bond donors (Lipinski definition) is 2. The number of aromatic nitrogens is 1. The second-order valence-electron chi connectivity index (χ2n) is 8.36. The number of aliphatic hydroxyl groups is 1. The van der Waals surface area contributed by atoms with Crippen molar-refractivity contribution in [2.24, 2.45) is 5.92 Å². The van der Waals surface area contributed by atoms with Crippen molar-refractivity contribution in [2.75, 3.05) is 23.7 Å². The number of carbonyl (C=O) groups excluding carboxylic acids is 1. The lowest BCUT2D eigenvalue weighted by Gasteiger charge is -2.34. The Morgan fingerprint density at radius 3 is 2.72 bits per heavy atom. The molecule has 0 aliphatic heterocycles. The lowest BCUT2D eigenvalue weighted by atomic mass is 9.82. The van der Waals surface area contributed by atoms with Crippen LogP contribution in [-0.2, 0) is 10.0 Å². The summed E-state index contributed by atoms with van der Waals surface area (Å²) in [6.07, 6.45) is 13.1. The predicted molar refractivity (Wildman–Crippen MR) is 127 cm³/mol. The van der Waals surface area contributed by atoms with Gasteiger partial charge in [0.1, 0.15) is 0 Å². The Balaban J connectivity index is 1.92. The van der Waals surface area contributed by atoms with Crippen LogP contribution >= 0.6 is 0 Å². The van der Waals surface area contributed by atoms with E-state index in [0.717, 1.165) is 17.0 Å². The van der Waals surface area contributed by atoms with Crippen molar-refractivity contribution in [3.63, 3.8) is 0 Å². The second kappa shape index (κ2) is 9.67. The van der Waals surface area contributed by atoms with E-state index in [2.05, 4.69) is 22.5 Å². The molecule has 1 heterocycles. The molecule has 32 heavy (non-hydrogen) atoms.